The van der Waals surface area contributed by atoms with Gasteiger partial charge in [-0.05, 0) is 159 Å². The summed E-state index contributed by atoms with van der Waals surface area (Å²) in [5.41, 5.74) is 16.2. The maximum atomic E-state index is 7.00. The van der Waals surface area contributed by atoms with E-state index < -0.39 is 0 Å². The monoisotopic (exact) mass is 891 g/mol. The fraction of sp³-hybridized carbons (Fsp3) is 0.0303. The molecule has 16 rings (SSSR count). The van der Waals surface area contributed by atoms with E-state index in [9.17, 15) is 0 Å². The van der Waals surface area contributed by atoms with Crippen molar-refractivity contribution in [2.45, 2.75) is 12.8 Å². The van der Waals surface area contributed by atoms with Crippen molar-refractivity contribution in [2.75, 3.05) is 0 Å². The van der Waals surface area contributed by atoms with Crippen LogP contribution in [0.4, 0.5) is 0 Å². The first-order valence-electron chi connectivity index (χ1n) is 24.4. The Balaban J connectivity index is 0.849. The number of para-hydroxylation sites is 3. The molecule has 0 bridgehead atoms. The van der Waals surface area contributed by atoms with Crippen molar-refractivity contribution < 1.29 is 4.42 Å². The smallest absolute Gasteiger partial charge is 0.145 e. The normalized spacial score (nSPS) is 13.0. The predicted molar refractivity (Wildman–Crippen MR) is 295 cm³/mol. The van der Waals surface area contributed by atoms with Crippen molar-refractivity contribution in [1.29, 1.82) is 0 Å². The molecule has 70 heavy (non-hydrogen) atoms. The lowest BCUT2D eigenvalue weighted by atomic mass is 9.94. The van der Waals surface area contributed by atoms with E-state index in [2.05, 4.69) is 238 Å². The van der Waals surface area contributed by atoms with Crippen molar-refractivity contribution >= 4 is 115 Å². The van der Waals surface area contributed by atoms with E-state index in [4.69, 9.17) is 4.42 Å². The fourth-order valence-electron chi connectivity index (χ4n) is 12.4. The van der Waals surface area contributed by atoms with Crippen molar-refractivity contribution in [1.82, 2.24) is 13.7 Å². The Labute approximate surface area is 401 Å². The third-order valence-electron chi connectivity index (χ3n) is 15.5. The summed E-state index contributed by atoms with van der Waals surface area (Å²) >= 11 is 0. The van der Waals surface area contributed by atoms with Gasteiger partial charge in [0.2, 0.25) is 0 Å². The molecule has 1 aliphatic carbocycles. The second-order valence-corrected chi connectivity index (χ2v) is 19.1. The fourth-order valence-corrected chi connectivity index (χ4v) is 12.4. The average molecular weight is 892 g/mol. The summed E-state index contributed by atoms with van der Waals surface area (Å²) in [5, 5.41) is 16.1. The van der Waals surface area contributed by atoms with Crippen molar-refractivity contribution in [2.24, 2.45) is 0 Å². The van der Waals surface area contributed by atoms with Crippen LogP contribution in [0.2, 0.25) is 0 Å². The van der Waals surface area contributed by atoms with Crippen LogP contribution < -0.4 is 0 Å². The molecular formula is C66H41N3O. The molecule has 4 heterocycles. The minimum absolute atomic E-state index is 0.898. The quantitative estimate of drug-likeness (QED) is 0.162. The van der Waals surface area contributed by atoms with Crippen LogP contribution in [0.3, 0.4) is 0 Å². The lowest BCUT2D eigenvalue weighted by Gasteiger charge is -2.15. The van der Waals surface area contributed by atoms with Gasteiger partial charge in [-0.15, -0.1) is 0 Å². The first kappa shape index (κ1) is 37.9. The second kappa shape index (κ2) is 14.2. The number of furan rings is 1. The molecule has 0 aliphatic heterocycles. The minimum Gasteiger partial charge on any atom is -0.455 e. The molecule has 0 saturated heterocycles. The van der Waals surface area contributed by atoms with Crippen molar-refractivity contribution in [3.63, 3.8) is 0 Å². The molecule has 0 spiro atoms. The van der Waals surface area contributed by atoms with E-state index in [1.165, 1.54) is 115 Å². The Kier molecular flexibility index (Phi) is 7.69. The molecule has 0 atom stereocenters. The highest BCUT2D eigenvalue weighted by Gasteiger charge is 2.25. The molecule has 0 saturated carbocycles. The lowest BCUT2D eigenvalue weighted by Crippen LogP contribution is -2.00. The molecule has 0 N–H and O–H groups in total. The number of benzene rings is 11. The lowest BCUT2D eigenvalue weighted by molar-refractivity contribution is 0.672. The highest BCUT2D eigenvalue weighted by Crippen LogP contribution is 2.45. The highest BCUT2D eigenvalue weighted by atomic mass is 16.3. The molecule has 0 unspecified atom stereocenters. The summed E-state index contributed by atoms with van der Waals surface area (Å²) in [5.74, 6) is 0. The number of hydrogen-bond donors (Lipinski definition) is 0. The van der Waals surface area contributed by atoms with Crippen LogP contribution in [-0.2, 0) is 6.42 Å². The van der Waals surface area contributed by atoms with Crippen LogP contribution in [0.25, 0.3) is 143 Å². The van der Waals surface area contributed by atoms with Gasteiger partial charge in [0.1, 0.15) is 11.2 Å². The van der Waals surface area contributed by atoms with Gasteiger partial charge >= 0.3 is 0 Å². The van der Waals surface area contributed by atoms with E-state index in [1.54, 1.807) is 0 Å². The molecule has 1 aliphatic rings. The molecular weight excluding hydrogens is 851 g/mol. The molecule has 326 valence electrons. The zero-order chi connectivity index (χ0) is 45.6. The van der Waals surface area contributed by atoms with Crippen LogP contribution in [0.15, 0.2) is 223 Å². The maximum Gasteiger partial charge on any atom is 0.145 e. The Hall–Kier alpha value is -9.12. The van der Waals surface area contributed by atoms with Gasteiger partial charge in [-0.1, -0.05) is 127 Å². The largest absolute Gasteiger partial charge is 0.455 e. The Bertz CT molecular complexity index is 4730. The number of aromatic nitrogens is 3. The van der Waals surface area contributed by atoms with E-state index in [-0.39, 0.29) is 0 Å². The SMILES string of the molecule is C1=Cc2c(c3c4oc5ccc(-n6c7ccccc7c7cc(-c8ccc9c(c8)c8ccccc8n9-c8ccccc8)ccc76)cc5c4ccc3n2-c2ccc3c4ccccc4c4ccccc4c3c2)CC1. The maximum absolute atomic E-state index is 7.00. The number of nitrogens with zero attached hydrogens (tertiary/aromatic N) is 3. The van der Waals surface area contributed by atoms with Crippen LogP contribution in [-0.4, -0.2) is 13.7 Å². The van der Waals surface area contributed by atoms with Crippen molar-refractivity contribution in [3.05, 3.63) is 230 Å². The van der Waals surface area contributed by atoms with Crippen LogP contribution in [0, 0.1) is 0 Å². The first-order chi connectivity index (χ1) is 34.7. The summed E-state index contributed by atoms with van der Waals surface area (Å²) in [4.78, 5) is 0. The minimum atomic E-state index is 0.898. The van der Waals surface area contributed by atoms with Gasteiger partial charge in [-0.3, -0.25) is 0 Å². The summed E-state index contributed by atoms with van der Waals surface area (Å²) in [6, 6.07) is 78.2. The second-order valence-electron chi connectivity index (χ2n) is 19.1. The average Bonchev–Trinajstić information content (AvgIpc) is 4.17. The van der Waals surface area contributed by atoms with Gasteiger partial charge in [-0.2, -0.15) is 0 Å². The number of aryl methyl sites for hydroxylation is 1. The molecule has 11 aromatic carbocycles. The molecule has 0 fully saturated rings. The third-order valence-corrected chi connectivity index (χ3v) is 15.5. The van der Waals surface area contributed by atoms with Gasteiger partial charge in [0, 0.05) is 60.5 Å². The Morgan fingerprint density at radius 2 is 0.829 bits per heavy atom. The molecule has 0 radical (unpaired) electrons. The Morgan fingerprint density at radius 3 is 1.50 bits per heavy atom. The summed E-state index contributed by atoms with van der Waals surface area (Å²) in [6.07, 6.45) is 6.61. The zero-order valence-electron chi connectivity index (χ0n) is 38.0. The van der Waals surface area contributed by atoms with Crippen LogP contribution in [0.5, 0.6) is 0 Å². The summed E-state index contributed by atoms with van der Waals surface area (Å²) in [7, 11) is 0. The molecule has 0 amide bonds. The summed E-state index contributed by atoms with van der Waals surface area (Å²) < 4.78 is 14.3. The van der Waals surface area contributed by atoms with E-state index in [1.807, 2.05) is 0 Å². The van der Waals surface area contributed by atoms with Gasteiger partial charge in [-0.25, -0.2) is 0 Å². The van der Waals surface area contributed by atoms with E-state index in [0.717, 1.165) is 46.2 Å². The molecule has 4 aromatic heterocycles. The number of allylic oxidation sites excluding steroid dienone is 1. The molecule has 4 heteroatoms. The van der Waals surface area contributed by atoms with E-state index in [0.29, 0.717) is 0 Å². The zero-order valence-corrected chi connectivity index (χ0v) is 38.0. The number of fused-ring (bicyclic) bond motifs is 19. The molecule has 15 aromatic rings. The Morgan fingerprint density at radius 1 is 0.329 bits per heavy atom. The van der Waals surface area contributed by atoms with E-state index >= 15 is 0 Å². The van der Waals surface area contributed by atoms with Crippen LogP contribution >= 0.6 is 0 Å². The molecule has 4 nitrogen and oxygen atoms in total. The predicted octanol–water partition coefficient (Wildman–Crippen LogP) is 17.8. The van der Waals surface area contributed by atoms with Crippen molar-refractivity contribution in [3.8, 4) is 28.2 Å². The van der Waals surface area contributed by atoms with Gasteiger partial charge in [0.15, 0.2) is 0 Å². The van der Waals surface area contributed by atoms with Crippen LogP contribution in [0.1, 0.15) is 17.7 Å². The number of hydrogen-bond acceptors (Lipinski definition) is 1. The third kappa shape index (κ3) is 5.19. The first-order valence-corrected chi connectivity index (χ1v) is 24.4. The van der Waals surface area contributed by atoms with Gasteiger partial charge < -0.3 is 18.1 Å². The standard InChI is InChI=1S/C66H41N3O/c1-2-14-42(15-3-1)67-58-23-11-8-20-50(58)55-36-40(26-32-61(55)67)41-27-33-62-56(37-41)51-21-9-12-24-59(51)68(62)44-29-35-64-57(39-44)52-31-34-63-65(66(52)70-64)53-22-10-13-25-60(53)69(63)43-28-30-49-47-18-5-4-16-45(47)46-17-6-7-19-48(46)54(49)38-43/h1-9,11-21,23-39H,10,22H2. The summed E-state index contributed by atoms with van der Waals surface area (Å²) in [6.45, 7) is 0. The van der Waals surface area contributed by atoms with Gasteiger partial charge in [0.25, 0.3) is 0 Å². The highest BCUT2D eigenvalue weighted by molar-refractivity contribution is 6.26. The topological polar surface area (TPSA) is 27.9 Å². The number of rotatable bonds is 4. The van der Waals surface area contributed by atoms with Gasteiger partial charge in [0.05, 0.1) is 27.6 Å².